The Balaban J connectivity index is 1.22. The van der Waals surface area contributed by atoms with Crippen LogP contribution >= 0.6 is 0 Å². The maximum atomic E-state index is 15.4. The second kappa shape index (κ2) is 13.7. The minimum atomic E-state index is -4.58. The van der Waals surface area contributed by atoms with Gasteiger partial charge < -0.3 is 0 Å². The summed E-state index contributed by atoms with van der Waals surface area (Å²) in [6.07, 6.45) is -6.38. The number of nitrogens with zero attached hydrogens (tertiary/aromatic N) is 2. The van der Waals surface area contributed by atoms with Gasteiger partial charge in [0.2, 0.25) is 0 Å². The van der Waals surface area contributed by atoms with Crippen molar-refractivity contribution >= 4 is 9.84 Å². The third kappa shape index (κ3) is 7.99. The highest BCUT2D eigenvalue weighted by Gasteiger charge is 2.32. The predicted octanol–water partition coefficient (Wildman–Crippen LogP) is 10.6. The Bertz CT molecular complexity index is 2200. The van der Waals surface area contributed by atoms with Gasteiger partial charge in [0.05, 0.1) is 34.0 Å². The maximum absolute atomic E-state index is 15.4. The average Bonchev–Trinajstić information content (AvgIpc) is 3.09. The first-order chi connectivity index (χ1) is 24.1. The van der Waals surface area contributed by atoms with Crippen molar-refractivity contribution in [3.8, 4) is 44.8 Å². The summed E-state index contributed by atoms with van der Waals surface area (Å²) in [5.41, 5.74) is -0.431. The second-order valence-corrected chi connectivity index (χ2v) is 13.7. The minimum Gasteiger partial charge on any atom is -0.256 e. The molecule has 2 aromatic heterocycles. The van der Waals surface area contributed by atoms with Crippen molar-refractivity contribution in [2.45, 2.75) is 23.9 Å². The van der Waals surface area contributed by atoms with Gasteiger partial charge in [-0.25, -0.2) is 17.2 Å². The molecule has 0 atom stereocenters. The molecule has 0 bridgehead atoms. The summed E-state index contributed by atoms with van der Waals surface area (Å²) < 4.78 is 137. The van der Waals surface area contributed by atoms with E-state index in [-0.39, 0.29) is 44.8 Å². The van der Waals surface area contributed by atoms with E-state index in [0.29, 0.717) is 11.1 Å². The lowest BCUT2D eigenvalue weighted by Gasteiger charge is -2.13. The molecule has 0 N–H and O–H groups in total. The normalized spacial score (nSPS) is 12.2. The largest absolute Gasteiger partial charge is 0.416 e. The molecule has 13 heteroatoms. The van der Waals surface area contributed by atoms with Crippen molar-refractivity contribution < 1.29 is 43.5 Å². The smallest absolute Gasteiger partial charge is 0.256 e. The Labute approximate surface area is 287 Å². The number of halogens is 8. The first-order valence-corrected chi connectivity index (χ1v) is 16.9. The van der Waals surface area contributed by atoms with Gasteiger partial charge in [-0.05, 0) is 59.7 Å². The molecule has 0 aliphatic carbocycles. The Morgan fingerprint density at radius 2 is 0.902 bits per heavy atom. The predicted molar refractivity (Wildman–Crippen MR) is 176 cm³/mol. The van der Waals surface area contributed by atoms with E-state index in [1.807, 2.05) is 0 Å². The molecule has 0 fully saturated rings. The van der Waals surface area contributed by atoms with Gasteiger partial charge >= 0.3 is 12.4 Å². The van der Waals surface area contributed by atoms with Crippen LogP contribution in [0.25, 0.3) is 44.8 Å². The molecule has 0 aliphatic heterocycles. The molecule has 0 radical (unpaired) electrons. The van der Waals surface area contributed by atoms with Crippen molar-refractivity contribution in [3.05, 3.63) is 155 Å². The highest BCUT2D eigenvalue weighted by molar-refractivity contribution is 7.89. The molecule has 6 aromatic rings. The number of hydrogen-bond donors (Lipinski definition) is 0. The Morgan fingerprint density at radius 1 is 0.490 bits per heavy atom. The minimum absolute atomic E-state index is 0.177. The topological polar surface area (TPSA) is 59.9 Å². The molecule has 0 amide bonds. The molecular weight excluding hydrogens is 700 g/mol. The van der Waals surface area contributed by atoms with Crippen LogP contribution in [-0.4, -0.2) is 18.4 Å². The number of aromatic nitrogens is 2. The fourth-order valence-electron chi connectivity index (χ4n) is 5.61. The maximum Gasteiger partial charge on any atom is 0.416 e. The summed E-state index contributed by atoms with van der Waals surface area (Å²) in [4.78, 5) is 8.47. The number of benzene rings is 4. The molecule has 4 nitrogen and oxygen atoms in total. The zero-order valence-corrected chi connectivity index (χ0v) is 26.9. The molecule has 0 saturated carbocycles. The standard InChI is InChI=1S/C38H24F8N2O2S/c39-33-19-25(35-31(9-3-15-47-35)23-5-1-7-29(17-23)37(41,42)43)11-13-27(33)21-51(49,50)22-28-14-12-26(20-34(28)40)36-32(10-4-16-48-36)24-6-2-8-30(18-24)38(44,45)46/h1-20H,21-22H2. The summed E-state index contributed by atoms with van der Waals surface area (Å²) >= 11 is 0. The van der Waals surface area contributed by atoms with Crippen LogP contribution in [-0.2, 0) is 33.7 Å². The summed E-state index contributed by atoms with van der Waals surface area (Å²) in [6, 6.07) is 22.6. The number of hydrogen-bond acceptors (Lipinski definition) is 4. The third-order valence-electron chi connectivity index (χ3n) is 8.02. The zero-order chi connectivity index (χ0) is 36.6. The van der Waals surface area contributed by atoms with Crippen LogP contribution in [0.15, 0.2) is 122 Å². The first kappa shape index (κ1) is 35.4. The average molecular weight is 725 g/mol. The van der Waals surface area contributed by atoms with Gasteiger partial charge in [-0.2, -0.15) is 26.3 Å². The molecule has 6 rings (SSSR count). The van der Waals surface area contributed by atoms with Crippen molar-refractivity contribution in [1.82, 2.24) is 9.97 Å². The molecule has 0 spiro atoms. The fourth-order valence-corrected chi connectivity index (χ4v) is 7.13. The molecule has 2 heterocycles. The molecule has 0 unspecified atom stereocenters. The van der Waals surface area contributed by atoms with E-state index in [0.717, 1.165) is 36.4 Å². The summed E-state index contributed by atoms with van der Waals surface area (Å²) in [5.74, 6) is -3.40. The zero-order valence-electron chi connectivity index (χ0n) is 26.1. The SMILES string of the molecule is O=S(=O)(Cc1ccc(-c2ncccc2-c2cccc(C(F)(F)F)c2)cc1F)Cc1ccc(-c2ncccc2-c2cccc(C(F)(F)F)c2)cc1F. The van der Waals surface area contributed by atoms with E-state index in [1.54, 1.807) is 0 Å². The van der Waals surface area contributed by atoms with Gasteiger partial charge in [0, 0.05) is 45.8 Å². The van der Waals surface area contributed by atoms with Gasteiger partial charge in [0.1, 0.15) is 11.6 Å². The lowest BCUT2D eigenvalue weighted by molar-refractivity contribution is -0.138. The van der Waals surface area contributed by atoms with Crippen LogP contribution in [0, 0.1) is 11.6 Å². The van der Waals surface area contributed by atoms with Gasteiger partial charge in [-0.1, -0.05) is 60.7 Å². The highest BCUT2D eigenvalue weighted by Crippen LogP contribution is 2.37. The molecule has 0 aliphatic rings. The number of rotatable bonds is 8. The van der Waals surface area contributed by atoms with Crippen molar-refractivity contribution in [3.63, 3.8) is 0 Å². The van der Waals surface area contributed by atoms with Crippen LogP contribution in [0.1, 0.15) is 22.3 Å². The molecule has 260 valence electrons. The second-order valence-electron chi connectivity index (χ2n) is 11.6. The first-order valence-electron chi connectivity index (χ1n) is 15.1. The lowest BCUT2D eigenvalue weighted by Crippen LogP contribution is -2.10. The fraction of sp³-hybridized carbons (Fsp3) is 0.105. The van der Waals surface area contributed by atoms with Gasteiger partial charge in [-0.15, -0.1) is 0 Å². The summed E-state index contributed by atoms with van der Waals surface area (Å²) in [5, 5.41) is 0. The van der Waals surface area contributed by atoms with Crippen molar-refractivity contribution in [2.75, 3.05) is 0 Å². The van der Waals surface area contributed by atoms with Gasteiger partial charge in [0.15, 0.2) is 9.84 Å². The molecular formula is C38H24F8N2O2S. The van der Waals surface area contributed by atoms with E-state index in [2.05, 4.69) is 9.97 Å². The van der Waals surface area contributed by atoms with E-state index < -0.39 is 56.5 Å². The van der Waals surface area contributed by atoms with E-state index in [1.165, 1.54) is 85.2 Å². The highest BCUT2D eigenvalue weighted by atomic mass is 32.2. The molecule has 4 aromatic carbocycles. The number of alkyl halides is 6. The Kier molecular flexibility index (Phi) is 9.51. The molecule has 0 saturated heterocycles. The Hall–Kier alpha value is -5.43. The third-order valence-corrected chi connectivity index (χ3v) is 9.52. The van der Waals surface area contributed by atoms with E-state index in [4.69, 9.17) is 0 Å². The summed E-state index contributed by atoms with van der Waals surface area (Å²) in [7, 11) is -4.15. The van der Waals surface area contributed by atoms with Crippen molar-refractivity contribution in [2.24, 2.45) is 0 Å². The van der Waals surface area contributed by atoms with Crippen LogP contribution in [0.4, 0.5) is 35.1 Å². The number of pyridine rings is 2. The Morgan fingerprint density at radius 3 is 1.27 bits per heavy atom. The van der Waals surface area contributed by atoms with Crippen LogP contribution < -0.4 is 0 Å². The van der Waals surface area contributed by atoms with Crippen LogP contribution in [0.5, 0.6) is 0 Å². The quantitative estimate of drug-likeness (QED) is 0.147. The summed E-state index contributed by atoms with van der Waals surface area (Å²) in [6.45, 7) is 0. The van der Waals surface area contributed by atoms with Crippen LogP contribution in [0.3, 0.4) is 0 Å². The number of sulfone groups is 1. The van der Waals surface area contributed by atoms with Crippen LogP contribution in [0.2, 0.25) is 0 Å². The van der Waals surface area contributed by atoms with E-state index >= 15 is 8.78 Å². The lowest BCUT2D eigenvalue weighted by atomic mass is 9.97. The van der Waals surface area contributed by atoms with Gasteiger partial charge in [0.25, 0.3) is 0 Å². The molecule has 51 heavy (non-hydrogen) atoms. The van der Waals surface area contributed by atoms with E-state index in [9.17, 15) is 34.8 Å². The van der Waals surface area contributed by atoms with Crippen molar-refractivity contribution in [1.29, 1.82) is 0 Å². The monoisotopic (exact) mass is 724 g/mol. The van der Waals surface area contributed by atoms with Gasteiger partial charge in [-0.3, -0.25) is 9.97 Å².